The average Bonchev–Trinajstić information content (AvgIpc) is 2.26. The molecule has 1 heterocycles. The van der Waals surface area contributed by atoms with Gasteiger partial charge in [-0.3, -0.25) is 0 Å². The van der Waals surface area contributed by atoms with E-state index in [1.807, 2.05) is 0 Å². The maximum Gasteiger partial charge on any atom is 0.573 e. The third-order valence-electron chi connectivity index (χ3n) is 1.77. The number of hydrogen-bond donors (Lipinski definition) is 0. The fourth-order valence-electron chi connectivity index (χ4n) is 1.15. The molecule has 18 heavy (non-hydrogen) atoms. The zero-order valence-electron chi connectivity index (χ0n) is 8.43. The van der Waals surface area contributed by atoms with E-state index in [0.717, 1.165) is 0 Å². The highest BCUT2D eigenvalue weighted by molar-refractivity contribution is 9.08. The summed E-state index contributed by atoms with van der Waals surface area (Å²) in [6, 6.07) is 2.05. The molecule has 0 radical (unpaired) electrons. The summed E-state index contributed by atoms with van der Waals surface area (Å²) >= 11 is 2.80. The minimum Gasteiger partial charge on any atom is -0.403 e. The Morgan fingerprint density at radius 2 is 2.06 bits per heavy atom. The van der Waals surface area contributed by atoms with Crippen LogP contribution < -0.4 is 4.74 Å². The second kappa shape index (κ2) is 5.48. The van der Waals surface area contributed by atoms with E-state index in [1.165, 1.54) is 6.07 Å². The van der Waals surface area contributed by atoms with E-state index in [1.54, 1.807) is 0 Å². The van der Waals surface area contributed by atoms with Crippen LogP contribution in [-0.2, 0) is 5.33 Å². The smallest absolute Gasteiger partial charge is 0.403 e. The average molecular weight is 331 g/mol. The van der Waals surface area contributed by atoms with Crippen molar-refractivity contribution < 1.29 is 26.7 Å². The lowest BCUT2D eigenvalue weighted by molar-refractivity contribution is -0.275. The van der Waals surface area contributed by atoms with Gasteiger partial charge in [0.15, 0.2) is 5.75 Å². The van der Waals surface area contributed by atoms with Crippen molar-refractivity contribution in [2.45, 2.75) is 18.1 Å². The molecule has 0 amide bonds. The lowest BCUT2D eigenvalue weighted by Gasteiger charge is -2.15. The van der Waals surface area contributed by atoms with E-state index in [-0.39, 0.29) is 5.33 Å². The third-order valence-corrected chi connectivity index (χ3v) is 2.30. The lowest BCUT2D eigenvalue weighted by atomic mass is 10.2. The third kappa shape index (κ3) is 3.53. The maximum atomic E-state index is 12.6. The summed E-state index contributed by atoms with van der Waals surface area (Å²) in [5, 5.41) is 8.30. The largest absolute Gasteiger partial charge is 0.573 e. The zero-order chi connectivity index (χ0) is 13.9. The predicted octanol–water partition coefficient (Wildman–Crippen LogP) is 3.68. The Kier molecular flexibility index (Phi) is 4.45. The van der Waals surface area contributed by atoms with Crippen LogP contribution in [0.25, 0.3) is 0 Å². The Morgan fingerprint density at radius 1 is 1.44 bits per heavy atom. The van der Waals surface area contributed by atoms with Gasteiger partial charge in [-0.05, 0) is 6.07 Å². The topological polar surface area (TPSA) is 45.9 Å². The first kappa shape index (κ1) is 14.6. The molecule has 0 N–H and O–H groups in total. The number of rotatable bonds is 3. The molecule has 1 aromatic rings. The molecule has 0 fully saturated rings. The highest BCUT2D eigenvalue weighted by Crippen LogP contribution is 2.36. The van der Waals surface area contributed by atoms with Gasteiger partial charge in [0.1, 0.15) is 11.8 Å². The maximum absolute atomic E-state index is 12.6. The molecule has 0 atom stereocenters. The number of alkyl halides is 6. The Balaban J connectivity index is 3.41. The van der Waals surface area contributed by atoms with Crippen LogP contribution in [0.5, 0.6) is 5.75 Å². The van der Waals surface area contributed by atoms with Gasteiger partial charge in [-0.25, -0.2) is 13.8 Å². The fourth-order valence-corrected chi connectivity index (χ4v) is 1.53. The first-order chi connectivity index (χ1) is 8.28. The van der Waals surface area contributed by atoms with Crippen LogP contribution in [0, 0.1) is 11.3 Å². The van der Waals surface area contributed by atoms with Gasteiger partial charge in [-0.1, -0.05) is 15.9 Å². The first-order valence-corrected chi connectivity index (χ1v) is 5.44. The van der Waals surface area contributed by atoms with Gasteiger partial charge in [0.2, 0.25) is 0 Å². The molecule has 0 aromatic carbocycles. The van der Waals surface area contributed by atoms with Crippen molar-refractivity contribution in [2.24, 2.45) is 0 Å². The molecule has 0 aliphatic heterocycles. The molecule has 1 aromatic heterocycles. The lowest BCUT2D eigenvalue weighted by Crippen LogP contribution is -2.20. The van der Waals surface area contributed by atoms with E-state index in [2.05, 4.69) is 25.7 Å². The molecule has 0 saturated carbocycles. The minimum absolute atomic E-state index is 0.256. The summed E-state index contributed by atoms with van der Waals surface area (Å²) in [5.74, 6) is -1.08. The highest BCUT2D eigenvalue weighted by atomic mass is 79.9. The van der Waals surface area contributed by atoms with Crippen molar-refractivity contribution in [1.82, 2.24) is 4.98 Å². The summed E-state index contributed by atoms with van der Waals surface area (Å²) in [4.78, 5) is 3.47. The van der Waals surface area contributed by atoms with Crippen LogP contribution in [0.15, 0.2) is 6.07 Å². The monoisotopic (exact) mass is 330 g/mol. The molecular weight excluding hydrogens is 327 g/mol. The van der Waals surface area contributed by atoms with Crippen molar-refractivity contribution in [1.29, 1.82) is 5.26 Å². The van der Waals surface area contributed by atoms with Gasteiger partial charge in [0, 0.05) is 5.33 Å². The Labute approximate surface area is 106 Å². The summed E-state index contributed by atoms with van der Waals surface area (Å²) in [5.41, 5.74) is -1.84. The standard InChI is InChI=1S/C9H4BrF5N2O/c10-2-6-7(18-9(13,14)15)5(8(11)12)1-4(3-16)17-6/h1,8H,2H2. The molecular formula is C9H4BrF5N2O. The van der Waals surface area contributed by atoms with Gasteiger partial charge in [0.05, 0.1) is 11.3 Å². The number of nitrogens with zero attached hydrogens (tertiary/aromatic N) is 2. The molecule has 0 aliphatic rings. The van der Waals surface area contributed by atoms with Crippen molar-refractivity contribution in [3.05, 3.63) is 23.0 Å². The Hall–Kier alpha value is -1.43. The SMILES string of the molecule is N#Cc1cc(C(F)F)c(OC(F)(F)F)c(CBr)n1. The number of aromatic nitrogens is 1. The molecule has 0 spiro atoms. The Morgan fingerprint density at radius 3 is 2.44 bits per heavy atom. The number of hydrogen-bond acceptors (Lipinski definition) is 3. The number of ether oxygens (including phenoxy) is 1. The van der Waals surface area contributed by atoms with Gasteiger partial charge < -0.3 is 4.74 Å². The predicted molar refractivity (Wildman–Crippen MR) is 53.2 cm³/mol. The molecule has 3 nitrogen and oxygen atoms in total. The summed E-state index contributed by atoms with van der Waals surface area (Å²) in [6.45, 7) is 0. The number of nitriles is 1. The second-order valence-corrected chi connectivity index (χ2v) is 3.53. The van der Waals surface area contributed by atoms with E-state index in [0.29, 0.717) is 6.07 Å². The van der Waals surface area contributed by atoms with Crippen LogP contribution in [0.1, 0.15) is 23.4 Å². The Bertz CT molecular complexity index is 483. The number of halogens is 6. The second-order valence-electron chi connectivity index (χ2n) is 2.97. The van der Waals surface area contributed by atoms with Crippen molar-refractivity contribution >= 4 is 15.9 Å². The van der Waals surface area contributed by atoms with Gasteiger partial charge in [-0.15, -0.1) is 13.2 Å². The van der Waals surface area contributed by atoms with Crippen LogP contribution in [0.3, 0.4) is 0 Å². The van der Waals surface area contributed by atoms with Crippen LogP contribution in [0.2, 0.25) is 0 Å². The van der Waals surface area contributed by atoms with Crippen molar-refractivity contribution in [3.63, 3.8) is 0 Å². The van der Waals surface area contributed by atoms with Crippen LogP contribution in [-0.4, -0.2) is 11.3 Å². The van der Waals surface area contributed by atoms with Gasteiger partial charge in [-0.2, -0.15) is 5.26 Å². The summed E-state index contributed by atoms with van der Waals surface area (Å²) < 4.78 is 65.1. The van der Waals surface area contributed by atoms with Crippen LogP contribution in [0.4, 0.5) is 22.0 Å². The summed E-state index contributed by atoms with van der Waals surface area (Å²) in [6.07, 6.45) is -8.33. The number of pyridine rings is 1. The van der Waals surface area contributed by atoms with E-state index in [9.17, 15) is 22.0 Å². The summed E-state index contributed by atoms with van der Waals surface area (Å²) in [7, 11) is 0. The van der Waals surface area contributed by atoms with Gasteiger partial charge >= 0.3 is 6.36 Å². The fraction of sp³-hybridized carbons (Fsp3) is 0.333. The van der Waals surface area contributed by atoms with Crippen LogP contribution >= 0.6 is 15.9 Å². The zero-order valence-corrected chi connectivity index (χ0v) is 10.0. The molecule has 0 aliphatic carbocycles. The minimum atomic E-state index is -5.11. The molecule has 0 saturated heterocycles. The molecule has 0 unspecified atom stereocenters. The highest BCUT2D eigenvalue weighted by Gasteiger charge is 2.35. The first-order valence-electron chi connectivity index (χ1n) is 4.32. The normalized spacial score (nSPS) is 11.4. The quantitative estimate of drug-likeness (QED) is 0.627. The van der Waals surface area contributed by atoms with Gasteiger partial charge in [0.25, 0.3) is 6.43 Å². The van der Waals surface area contributed by atoms with Crippen molar-refractivity contribution in [2.75, 3.05) is 0 Å². The van der Waals surface area contributed by atoms with E-state index in [4.69, 9.17) is 5.26 Å². The van der Waals surface area contributed by atoms with Crippen molar-refractivity contribution in [3.8, 4) is 11.8 Å². The molecule has 0 bridgehead atoms. The van der Waals surface area contributed by atoms with E-state index < -0.39 is 35.5 Å². The molecule has 1 rings (SSSR count). The molecule has 98 valence electrons. The van der Waals surface area contributed by atoms with E-state index >= 15 is 0 Å². The molecule has 9 heteroatoms.